The van der Waals surface area contributed by atoms with Gasteiger partial charge >= 0.3 is 0 Å². The molecule has 0 radical (unpaired) electrons. The topological polar surface area (TPSA) is 34.2 Å². The summed E-state index contributed by atoms with van der Waals surface area (Å²) in [7, 11) is 3.38. The van der Waals surface area contributed by atoms with E-state index in [4.69, 9.17) is 9.47 Å². The van der Waals surface area contributed by atoms with E-state index < -0.39 is 0 Å². The molecule has 0 atom stereocenters. The molecule has 3 aromatic carbocycles. The average Bonchev–Trinajstić information content (AvgIpc) is 3.06. The SMILES string of the molecule is COc1ccc(C(c2ccc(OC)cc2)c2[nH]c3ccccc3c2C)cc1. The molecule has 4 aromatic rings. The number of hydrogen-bond acceptors (Lipinski definition) is 2. The predicted octanol–water partition coefficient (Wildman–Crippen LogP) is 5.67. The molecule has 3 nitrogen and oxygen atoms in total. The van der Waals surface area contributed by atoms with E-state index in [0.717, 1.165) is 17.0 Å². The number of benzene rings is 3. The number of methoxy groups -OCH3 is 2. The maximum absolute atomic E-state index is 5.34. The van der Waals surface area contributed by atoms with Crippen LogP contribution in [0.4, 0.5) is 0 Å². The van der Waals surface area contributed by atoms with Crippen LogP contribution in [0.15, 0.2) is 72.8 Å². The summed E-state index contributed by atoms with van der Waals surface area (Å²) in [6.07, 6.45) is 0. The van der Waals surface area contributed by atoms with Crippen molar-refractivity contribution in [3.05, 3.63) is 95.2 Å². The molecule has 0 unspecified atom stereocenters. The first kappa shape index (κ1) is 17.2. The van der Waals surface area contributed by atoms with Crippen molar-refractivity contribution in [1.82, 2.24) is 4.98 Å². The summed E-state index contributed by atoms with van der Waals surface area (Å²) in [6, 6.07) is 25.1. The number of H-pyrrole nitrogens is 1. The third-order valence-electron chi connectivity index (χ3n) is 5.19. The highest BCUT2D eigenvalue weighted by molar-refractivity contribution is 5.85. The normalized spacial score (nSPS) is 11.1. The first-order chi connectivity index (χ1) is 13.2. The zero-order chi connectivity index (χ0) is 18.8. The number of hydrogen-bond donors (Lipinski definition) is 1. The van der Waals surface area contributed by atoms with Crippen LogP contribution in [0.1, 0.15) is 28.3 Å². The van der Waals surface area contributed by atoms with Crippen molar-refractivity contribution in [1.29, 1.82) is 0 Å². The molecule has 3 heteroatoms. The minimum atomic E-state index is 0.106. The van der Waals surface area contributed by atoms with Gasteiger partial charge in [0, 0.05) is 22.5 Å². The Bertz CT molecular complexity index is 999. The van der Waals surface area contributed by atoms with Gasteiger partial charge in [0.1, 0.15) is 11.5 Å². The Morgan fingerprint density at radius 1 is 0.704 bits per heavy atom. The summed E-state index contributed by atoms with van der Waals surface area (Å²) >= 11 is 0. The lowest BCUT2D eigenvalue weighted by atomic mass is 9.86. The number of aromatic amines is 1. The summed E-state index contributed by atoms with van der Waals surface area (Å²) in [5.41, 5.74) is 6.09. The molecule has 1 heterocycles. The van der Waals surface area contributed by atoms with Crippen LogP contribution in [0.5, 0.6) is 11.5 Å². The Kier molecular flexibility index (Phi) is 4.59. The number of rotatable bonds is 5. The van der Waals surface area contributed by atoms with Crippen molar-refractivity contribution < 1.29 is 9.47 Å². The highest BCUT2D eigenvalue weighted by atomic mass is 16.5. The average molecular weight is 357 g/mol. The van der Waals surface area contributed by atoms with E-state index in [-0.39, 0.29) is 5.92 Å². The summed E-state index contributed by atoms with van der Waals surface area (Å²) < 4.78 is 10.7. The van der Waals surface area contributed by atoms with Gasteiger partial charge in [-0.3, -0.25) is 0 Å². The second-order valence-corrected chi connectivity index (χ2v) is 6.69. The van der Waals surface area contributed by atoms with Gasteiger partial charge in [0.05, 0.1) is 14.2 Å². The maximum Gasteiger partial charge on any atom is 0.118 e. The van der Waals surface area contributed by atoms with Crippen LogP contribution in [-0.4, -0.2) is 19.2 Å². The van der Waals surface area contributed by atoms with Gasteiger partial charge in [0.2, 0.25) is 0 Å². The number of ether oxygens (including phenoxy) is 2. The third-order valence-corrected chi connectivity index (χ3v) is 5.19. The van der Waals surface area contributed by atoms with Crippen LogP contribution in [0.25, 0.3) is 10.9 Å². The van der Waals surface area contributed by atoms with Crippen molar-refractivity contribution in [2.24, 2.45) is 0 Å². The molecule has 27 heavy (non-hydrogen) atoms. The fourth-order valence-corrected chi connectivity index (χ4v) is 3.71. The molecule has 4 rings (SSSR count). The Balaban J connectivity index is 1.89. The Morgan fingerprint density at radius 3 is 1.70 bits per heavy atom. The first-order valence-corrected chi connectivity index (χ1v) is 9.06. The van der Waals surface area contributed by atoms with Gasteiger partial charge < -0.3 is 14.5 Å². The molecule has 0 saturated heterocycles. The largest absolute Gasteiger partial charge is 0.497 e. The zero-order valence-electron chi connectivity index (χ0n) is 15.8. The van der Waals surface area contributed by atoms with Crippen molar-refractivity contribution in [2.75, 3.05) is 14.2 Å². The van der Waals surface area contributed by atoms with Gasteiger partial charge in [-0.1, -0.05) is 42.5 Å². The van der Waals surface area contributed by atoms with Gasteiger partial charge in [0.15, 0.2) is 0 Å². The quantitative estimate of drug-likeness (QED) is 0.499. The fourth-order valence-electron chi connectivity index (χ4n) is 3.71. The molecular formula is C24H23NO2. The molecule has 0 aliphatic heterocycles. The van der Waals surface area contributed by atoms with E-state index in [0.29, 0.717) is 0 Å². The van der Waals surface area contributed by atoms with Gasteiger partial charge in [-0.15, -0.1) is 0 Å². The molecule has 0 aliphatic rings. The molecule has 0 spiro atoms. The zero-order valence-corrected chi connectivity index (χ0v) is 15.8. The van der Waals surface area contributed by atoms with Gasteiger partial charge in [-0.2, -0.15) is 0 Å². The molecule has 0 saturated carbocycles. The molecule has 0 amide bonds. The highest BCUT2D eigenvalue weighted by Crippen LogP contribution is 2.37. The van der Waals surface area contributed by atoms with E-state index >= 15 is 0 Å². The van der Waals surface area contributed by atoms with Crippen molar-refractivity contribution in [3.8, 4) is 11.5 Å². The molecule has 0 bridgehead atoms. The van der Waals surface area contributed by atoms with Crippen molar-refractivity contribution in [3.63, 3.8) is 0 Å². The second-order valence-electron chi connectivity index (χ2n) is 6.69. The monoisotopic (exact) mass is 357 g/mol. The third kappa shape index (κ3) is 3.17. The van der Waals surface area contributed by atoms with Crippen LogP contribution in [0.3, 0.4) is 0 Å². The summed E-state index contributed by atoms with van der Waals surface area (Å²) in [5, 5.41) is 1.26. The van der Waals surface area contributed by atoms with Gasteiger partial charge in [-0.05, 0) is 53.9 Å². The van der Waals surface area contributed by atoms with Crippen molar-refractivity contribution >= 4 is 10.9 Å². The molecule has 0 fully saturated rings. The van der Waals surface area contributed by atoms with Crippen molar-refractivity contribution in [2.45, 2.75) is 12.8 Å². The fraction of sp³-hybridized carbons (Fsp3) is 0.167. The lowest BCUT2D eigenvalue weighted by Crippen LogP contribution is -2.05. The summed E-state index contributed by atoms with van der Waals surface area (Å²) in [6.45, 7) is 2.19. The highest BCUT2D eigenvalue weighted by Gasteiger charge is 2.22. The smallest absolute Gasteiger partial charge is 0.118 e. The number of nitrogens with one attached hydrogen (secondary N) is 1. The minimum absolute atomic E-state index is 0.106. The lowest BCUT2D eigenvalue weighted by molar-refractivity contribution is 0.414. The van der Waals surface area contributed by atoms with Crippen LogP contribution in [0, 0.1) is 6.92 Å². The van der Waals surface area contributed by atoms with E-state index in [9.17, 15) is 0 Å². The van der Waals surface area contributed by atoms with Gasteiger partial charge in [0.25, 0.3) is 0 Å². The molecule has 1 aromatic heterocycles. The predicted molar refractivity (Wildman–Crippen MR) is 110 cm³/mol. The number of para-hydroxylation sites is 1. The second kappa shape index (κ2) is 7.20. The Hall–Kier alpha value is -3.20. The van der Waals surface area contributed by atoms with E-state index in [1.807, 2.05) is 24.3 Å². The molecule has 136 valence electrons. The van der Waals surface area contributed by atoms with Crippen LogP contribution < -0.4 is 9.47 Å². The Labute approximate surface area is 159 Å². The standard InChI is InChI=1S/C24H23NO2/c1-16-21-6-4-5-7-22(21)25-24(16)23(17-8-12-19(26-2)13-9-17)18-10-14-20(27-3)15-11-18/h4-15,23,25H,1-3H3. The number of fused-ring (bicyclic) bond motifs is 1. The minimum Gasteiger partial charge on any atom is -0.497 e. The molecule has 1 N–H and O–H groups in total. The van der Waals surface area contributed by atoms with Crippen LogP contribution in [0.2, 0.25) is 0 Å². The van der Waals surface area contributed by atoms with E-state index in [1.54, 1.807) is 14.2 Å². The lowest BCUT2D eigenvalue weighted by Gasteiger charge is -2.19. The maximum atomic E-state index is 5.34. The summed E-state index contributed by atoms with van der Waals surface area (Å²) in [4.78, 5) is 3.66. The van der Waals surface area contributed by atoms with Gasteiger partial charge in [-0.25, -0.2) is 0 Å². The van der Waals surface area contributed by atoms with E-state index in [2.05, 4.69) is 60.4 Å². The summed E-state index contributed by atoms with van der Waals surface area (Å²) in [5.74, 6) is 1.83. The number of aryl methyl sites for hydroxylation is 1. The number of aromatic nitrogens is 1. The molecular weight excluding hydrogens is 334 g/mol. The van der Waals surface area contributed by atoms with E-state index in [1.165, 1.54) is 27.8 Å². The molecule has 0 aliphatic carbocycles. The van der Waals surface area contributed by atoms with Crippen LogP contribution in [-0.2, 0) is 0 Å². The first-order valence-electron chi connectivity index (χ1n) is 9.06. The van der Waals surface area contributed by atoms with Crippen LogP contribution >= 0.6 is 0 Å². The Morgan fingerprint density at radius 2 is 1.22 bits per heavy atom.